The summed E-state index contributed by atoms with van der Waals surface area (Å²) in [6.45, 7) is 1.62. The number of ether oxygens (including phenoxy) is 1. The fourth-order valence-corrected chi connectivity index (χ4v) is 7.09. The van der Waals surface area contributed by atoms with Crippen molar-refractivity contribution in [3.8, 4) is 28.7 Å². The average molecular weight is 551 g/mol. The third-order valence-electron chi connectivity index (χ3n) is 9.51. The number of likely N-dealkylation sites (tertiary alicyclic amines) is 1. The van der Waals surface area contributed by atoms with Crippen LogP contribution >= 0.6 is 0 Å². The summed E-state index contributed by atoms with van der Waals surface area (Å²) in [5.74, 6) is 2.52. The number of benzene rings is 1. The van der Waals surface area contributed by atoms with Gasteiger partial charge in [0.1, 0.15) is 16.9 Å². The maximum absolute atomic E-state index is 13.7. The number of hydrogen-bond acceptors (Lipinski definition) is 6. The molecule has 1 saturated heterocycles. The van der Waals surface area contributed by atoms with Gasteiger partial charge in [-0.3, -0.25) is 9.48 Å². The number of carbonyl (C=O) groups excluding carboxylic acids is 1. The summed E-state index contributed by atoms with van der Waals surface area (Å²) in [4.78, 5) is 25.9. The van der Waals surface area contributed by atoms with Crippen LogP contribution < -0.4 is 10.5 Å². The van der Waals surface area contributed by atoms with Crippen LogP contribution in [0.4, 0.5) is 0 Å². The molecule has 3 aliphatic rings. The minimum atomic E-state index is 0.00907. The van der Waals surface area contributed by atoms with Gasteiger partial charge in [0.25, 0.3) is 5.91 Å². The number of aryl methyl sites for hydroxylation is 2. The van der Waals surface area contributed by atoms with Crippen LogP contribution in [0.25, 0.3) is 45.0 Å². The zero-order valence-corrected chi connectivity index (χ0v) is 23.6. The van der Waals surface area contributed by atoms with Gasteiger partial charge < -0.3 is 24.5 Å². The van der Waals surface area contributed by atoms with Gasteiger partial charge >= 0.3 is 0 Å². The number of amides is 1. The first-order valence-electron chi connectivity index (χ1n) is 14.5. The Morgan fingerprint density at radius 3 is 2.59 bits per heavy atom. The van der Waals surface area contributed by atoms with Gasteiger partial charge in [-0.25, -0.2) is 9.97 Å². The number of rotatable bonds is 6. The molecular weight excluding hydrogens is 516 g/mol. The topological polar surface area (TPSA) is 109 Å². The molecule has 10 heteroatoms. The molecule has 2 N–H and O–H groups in total. The van der Waals surface area contributed by atoms with E-state index in [1.807, 2.05) is 41.9 Å². The van der Waals surface area contributed by atoms with Crippen molar-refractivity contribution in [2.24, 2.45) is 31.7 Å². The van der Waals surface area contributed by atoms with Gasteiger partial charge in [0.15, 0.2) is 5.82 Å². The summed E-state index contributed by atoms with van der Waals surface area (Å²) < 4.78 is 12.1. The Morgan fingerprint density at radius 2 is 1.90 bits per heavy atom. The molecule has 1 aliphatic heterocycles. The van der Waals surface area contributed by atoms with Crippen molar-refractivity contribution in [1.82, 2.24) is 33.8 Å². The van der Waals surface area contributed by atoms with Gasteiger partial charge in [-0.1, -0.05) is 0 Å². The van der Waals surface area contributed by atoms with Gasteiger partial charge in [0.2, 0.25) is 0 Å². The van der Waals surface area contributed by atoms with E-state index in [9.17, 15) is 4.79 Å². The second-order valence-electron chi connectivity index (χ2n) is 12.0. The fourth-order valence-electron chi connectivity index (χ4n) is 7.09. The third kappa shape index (κ3) is 3.73. The molecule has 2 saturated carbocycles. The lowest BCUT2D eigenvalue weighted by Crippen LogP contribution is -2.41. The van der Waals surface area contributed by atoms with Crippen molar-refractivity contribution in [3.63, 3.8) is 0 Å². The van der Waals surface area contributed by atoms with Crippen molar-refractivity contribution in [3.05, 3.63) is 48.2 Å². The zero-order chi connectivity index (χ0) is 28.0. The van der Waals surface area contributed by atoms with E-state index < -0.39 is 0 Å². The molecule has 0 radical (unpaired) electrons. The molecule has 10 nitrogen and oxygen atoms in total. The van der Waals surface area contributed by atoms with Gasteiger partial charge in [-0.05, 0) is 73.9 Å². The number of carbonyl (C=O) groups is 1. The number of piperidine rings is 1. The first kappa shape index (κ1) is 24.6. The number of nitrogens with two attached hydrogens (primary N) is 1. The maximum Gasteiger partial charge on any atom is 0.254 e. The van der Waals surface area contributed by atoms with Crippen LogP contribution in [-0.4, -0.2) is 65.4 Å². The van der Waals surface area contributed by atoms with Gasteiger partial charge in [0, 0.05) is 56.4 Å². The van der Waals surface area contributed by atoms with E-state index in [2.05, 4.69) is 32.4 Å². The van der Waals surface area contributed by atoms with Crippen LogP contribution in [0.5, 0.6) is 5.75 Å². The number of methoxy groups -OCH3 is 1. The minimum absolute atomic E-state index is 0.00907. The molecule has 1 amide bonds. The second-order valence-corrected chi connectivity index (χ2v) is 12.0. The SMILES string of the molecule is COc1cc(C(=O)N2C[C@H]3CC[C@@H]2[C@@H]3N)cc2nc(-c3cc4ccc(-c5ccnn5C)nc4n3CC3CC3)n(C)c12. The third-order valence-corrected chi connectivity index (χ3v) is 9.51. The predicted octanol–water partition coefficient (Wildman–Crippen LogP) is 3.97. The Bertz CT molecular complexity index is 1840. The largest absolute Gasteiger partial charge is 0.494 e. The molecule has 3 atom stereocenters. The monoisotopic (exact) mass is 550 g/mol. The summed E-state index contributed by atoms with van der Waals surface area (Å²) in [7, 11) is 5.60. The molecule has 8 rings (SSSR count). The van der Waals surface area contributed by atoms with E-state index in [0.29, 0.717) is 23.1 Å². The Morgan fingerprint density at radius 1 is 1.05 bits per heavy atom. The molecule has 0 unspecified atom stereocenters. The molecule has 41 heavy (non-hydrogen) atoms. The van der Waals surface area contributed by atoms with E-state index in [0.717, 1.165) is 70.9 Å². The highest BCUT2D eigenvalue weighted by molar-refractivity contribution is 6.00. The smallest absolute Gasteiger partial charge is 0.254 e. The molecule has 5 heterocycles. The van der Waals surface area contributed by atoms with E-state index in [4.69, 9.17) is 20.4 Å². The minimum Gasteiger partial charge on any atom is -0.494 e. The van der Waals surface area contributed by atoms with Crippen LogP contribution in [0.2, 0.25) is 0 Å². The molecule has 0 spiro atoms. The maximum atomic E-state index is 13.7. The van der Waals surface area contributed by atoms with Crippen LogP contribution in [0.3, 0.4) is 0 Å². The summed E-state index contributed by atoms with van der Waals surface area (Å²) >= 11 is 0. The Kier molecular flexibility index (Phi) is 5.35. The number of nitrogens with zero attached hydrogens (tertiary/aromatic N) is 7. The number of imidazole rings is 1. The molecular formula is C31H34N8O2. The lowest BCUT2D eigenvalue weighted by Gasteiger charge is -2.27. The predicted molar refractivity (Wildman–Crippen MR) is 156 cm³/mol. The quantitative estimate of drug-likeness (QED) is 0.343. The lowest BCUT2D eigenvalue weighted by molar-refractivity contribution is 0.0700. The van der Waals surface area contributed by atoms with E-state index in [-0.39, 0.29) is 18.0 Å². The fraction of sp³-hybridized carbons (Fsp3) is 0.419. The van der Waals surface area contributed by atoms with Crippen LogP contribution in [0.1, 0.15) is 36.0 Å². The van der Waals surface area contributed by atoms with Crippen LogP contribution in [-0.2, 0) is 20.6 Å². The second kappa shape index (κ2) is 8.91. The van der Waals surface area contributed by atoms with Crippen LogP contribution in [0, 0.1) is 11.8 Å². The normalized spacial score (nSPS) is 22.0. The highest BCUT2D eigenvalue weighted by atomic mass is 16.5. The van der Waals surface area contributed by atoms with E-state index >= 15 is 0 Å². The average Bonchev–Trinajstić information content (AvgIpc) is 3.23. The van der Waals surface area contributed by atoms with E-state index in [1.165, 1.54) is 12.8 Å². The number of hydrogen-bond donors (Lipinski definition) is 1. The summed E-state index contributed by atoms with van der Waals surface area (Å²) in [6, 6.07) is 12.3. The van der Waals surface area contributed by atoms with Crippen molar-refractivity contribution in [2.45, 2.75) is 44.3 Å². The Balaban J connectivity index is 1.25. The highest BCUT2D eigenvalue weighted by Gasteiger charge is 2.47. The molecule has 3 fully saturated rings. The highest BCUT2D eigenvalue weighted by Crippen LogP contribution is 2.40. The Hall–Kier alpha value is -4.18. The van der Waals surface area contributed by atoms with Crippen LogP contribution in [0.15, 0.2) is 42.6 Å². The van der Waals surface area contributed by atoms with Crippen molar-refractivity contribution >= 4 is 28.0 Å². The van der Waals surface area contributed by atoms with Gasteiger partial charge in [-0.15, -0.1) is 0 Å². The molecule has 5 aromatic rings. The van der Waals surface area contributed by atoms with Crippen molar-refractivity contribution in [1.29, 1.82) is 0 Å². The van der Waals surface area contributed by atoms with Crippen molar-refractivity contribution < 1.29 is 9.53 Å². The summed E-state index contributed by atoms with van der Waals surface area (Å²) in [6.07, 6.45) is 6.33. The summed E-state index contributed by atoms with van der Waals surface area (Å²) in [5.41, 5.74) is 12.4. The van der Waals surface area contributed by atoms with E-state index in [1.54, 1.807) is 13.3 Å². The molecule has 1 aromatic carbocycles. The molecule has 2 aliphatic carbocycles. The Labute approximate surface area is 237 Å². The molecule has 4 aromatic heterocycles. The van der Waals surface area contributed by atoms with Gasteiger partial charge in [-0.2, -0.15) is 5.10 Å². The first-order chi connectivity index (χ1) is 19.9. The molecule has 210 valence electrons. The van der Waals surface area contributed by atoms with Gasteiger partial charge in [0.05, 0.1) is 29.7 Å². The summed E-state index contributed by atoms with van der Waals surface area (Å²) in [5, 5.41) is 5.40. The lowest BCUT2D eigenvalue weighted by atomic mass is 10.1. The van der Waals surface area contributed by atoms with Crippen molar-refractivity contribution in [2.75, 3.05) is 13.7 Å². The zero-order valence-electron chi connectivity index (χ0n) is 23.6. The number of pyridine rings is 1. The first-order valence-corrected chi connectivity index (χ1v) is 14.5. The molecule has 2 bridgehead atoms. The standard InChI is InChI=1S/C31H34N8O2/c1-36-28-22(12-20(14-26(28)41-3)31(40)39-16-19-7-9-24(39)27(19)32)35-30(36)25-13-18-6-8-21(23-10-11-33-37(23)2)34-29(18)38(25)15-17-4-5-17/h6,8,10-14,17,19,24,27H,4-5,7,9,15-16,32H2,1-3H3/t19-,24-,27-/m1/s1. The number of aromatic nitrogens is 6. The number of fused-ring (bicyclic) bond motifs is 4.